The van der Waals surface area contributed by atoms with Crippen molar-refractivity contribution in [2.24, 2.45) is 4.99 Å². The molecule has 7 nitrogen and oxygen atoms in total. The third-order valence-electron chi connectivity index (χ3n) is 7.28. The Morgan fingerprint density at radius 2 is 1.66 bits per heavy atom. The maximum Gasteiger partial charge on any atom is 0.266 e. The lowest BCUT2D eigenvalue weighted by atomic mass is 9.84. The average Bonchev–Trinajstić information content (AvgIpc) is 3.44. The Morgan fingerprint density at radius 1 is 0.955 bits per heavy atom. The molecule has 3 N–H and O–H groups in total. The molecule has 4 aromatic carbocycles. The van der Waals surface area contributed by atoms with Crippen molar-refractivity contribution >= 4 is 11.8 Å². The van der Waals surface area contributed by atoms with Crippen molar-refractivity contribution in [2.45, 2.75) is 31.0 Å². The second kappa shape index (κ2) is 14.1. The number of nitrogens with one attached hydrogen (secondary N) is 2. The molecule has 1 aliphatic heterocycles. The number of carbonyl (C=O) groups is 1. The highest BCUT2D eigenvalue weighted by molar-refractivity contribution is 6.01. The summed E-state index contributed by atoms with van der Waals surface area (Å²) in [6.07, 6.45) is 1.49. The van der Waals surface area contributed by atoms with Crippen molar-refractivity contribution < 1.29 is 28.2 Å². The Labute approximate surface area is 254 Å². The van der Waals surface area contributed by atoms with Crippen LogP contribution in [0.1, 0.15) is 35.6 Å². The van der Waals surface area contributed by atoms with Crippen molar-refractivity contribution in [2.75, 3.05) is 13.2 Å². The van der Waals surface area contributed by atoms with Crippen molar-refractivity contribution in [3.05, 3.63) is 138 Å². The normalized spacial score (nSPS) is 17.4. The van der Waals surface area contributed by atoms with Crippen molar-refractivity contribution in [1.29, 1.82) is 0 Å². The maximum atomic E-state index is 13.9. The molecular formula is C35H33F2N3O4. The molecule has 0 aliphatic carbocycles. The minimum absolute atomic E-state index is 0.0412. The van der Waals surface area contributed by atoms with Gasteiger partial charge in [-0.15, -0.1) is 6.58 Å². The quantitative estimate of drug-likeness (QED) is 0.0992. The summed E-state index contributed by atoms with van der Waals surface area (Å²) in [7, 11) is 0. The summed E-state index contributed by atoms with van der Waals surface area (Å²) in [5, 5.41) is 9.01. The fraction of sp³-hybridized carbons (Fsp3) is 0.200. The Kier molecular flexibility index (Phi) is 9.79. The third-order valence-corrected chi connectivity index (χ3v) is 7.28. The van der Waals surface area contributed by atoms with Crippen LogP contribution in [-0.2, 0) is 16.1 Å². The van der Waals surface area contributed by atoms with Crippen LogP contribution in [0.3, 0.4) is 0 Å². The van der Waals surface area contributed by atoms with Crippen molar-refractivity contribution in [3.8, 4) is 16.9 Å². The monoisotopic (exact) mass is 597 g/mol. The van der Waals surface area contributed by atoms with Gasteiger partial charge in [-0.3, -0.25) is 10.2 Å². The van der Waals surface area contributed by atoms with Gasteiger partial charge in [0.2, 0.25) is 5.90 Å². The number of hydrazine groups is 1. The smallest absolute Gasteiger partial charge is 0.266 e. The zero-order chi connectivity index (χ0) is 30.9. The SMILES string of the molecule is C=CC[C@]1(C(=O)NNCc2ccc(F)c(F)c2)N=C(c2ccc(OCCCO)cc2)O[C@H]1c1ccc(-c2ccccc2)cc1. The van der Waals surface area contributed by atoms with E-state index in [9.17, 15) is 13.6 Å². The Morgan fingerprint density at radius 3 is 2.34 bits per heavy atom. The highest BCUT2D eigenvalue weighted by Gasteiger charge is 2.52. The minimum atomic E-state index is -1.43. The molecule has 4 aromatic rings. The molecule has 0 radical (unpaired) electrons. The molecule has 9 heteroatoms. The third kappa shape index (κ3) is 6.85. The minimum Gasteiger partial charge on any atom is -0.494 e. The number of ether oxygens (including phenoxy) is 2. The van der Waals surface area contributed by atoms with Gasteiger partial charge in [0.05, 0.1) is 6.61 Å². The predicted octanol–water partition coefficient (Wildman–Crippen LogP) is 6.05. The van der Waals surface area contributed by atoms with Crippen LogP contribution in [-0.4, -0.2) is 35.7 Å². The van der Waals surface area contributed by atoms with Gasteiger partial charge in [-0.1, -0.05) is 66.7 Å². The number of amides is 1. The van der Waals surface area contributed by atoms with Gasteiger partial charge in [0.25, 0.3) is 5.91 Å². The first-order valence-corrected chi connectivity index (χ1v) is 14.3. The van der Waals surface area contributed by atoms with Gasteiger partial charge in [0.15, 0.2) is 23.3 Å². The van der Waals surface area contributed by atoms with E-state index >= 15 is 0 Å². The highest BCUT2D eigenvalue weighted by atomic mass is 19.2. The number of aliphatic imine (C=N–C) groups is 1. The molecule has 0 unspecified atom stereocenters. The van der Waals surface area contributed by atoms with Crippen LogP contribution >= 0.6 is 0 Å². The molecule has 0 saturated carbocycles. The lowest BCUT2D eigenvalue weighted by Crippen LogP contribution is -2.52. The van der Waals surface area contributed by atoms with E-state index in [1.165, 1.54) is 6.07 Å². The number of aliphatic hydroxyl groups is 1. The summed E-state index contributed by atoms with van der Waals surface area (Å²) in [5.74, 6) is -1.48. The number of rotatable bonds is 13. The van der Waals surface area contributed by atoms with Gasteiger partial charge < -0.3 is 14.6 Å². The van der Waals surface area contributed by atoms with Crippen LogP contribution in [0.2, 0.25) is 0 Å². The van der Waals surface area contributed by atoms with Crippen molar-refractivity contribution in [3.63, 3.8) is 0 Å². The first-order chi connectivity index (χ1) is 21.4. The highest BCUT2D eigenvalue weighted by Crippen LogP contribution is 2.43. The first kappa shape index (κ1) is 30.6. The van der Waals surface area contributed by atoms with Crippen LogP contribution in [0.15, 0.2) is 115 Å². The van der Waals surface area contributed by atoms with Gasteiger partial charge in [0.1, 0.15) is 5.75 Å². The Hall–Kier alpha value is -4.86. The summed E-state index contributed by atoms with van der Waals surface area (Å²) < 4.78 is 39.2. The van der Waals surface area contributed by atoms with Crippen LogP contribution < -0.4 is 15.6 Å². The molecule has 2 atom stereocenters. The summed E-state index contributed by atoms with van der Waals surface area (Å²) >= 11 is 0. The average molecular weight is 598 g/mol. The van der Waals surface area contributed by atoms with Gasteiger partial charge in [-0.2, -0.15) is 0 Å². The van der Waals surface area contributed by atoms with E-state index in [1.54, 1.807) is 30.3 Å². The molecule has 226 valence electrons. The van der Waals surface area contributed by atoms with Crippen LogP contribution in [0.25, 0.3) is 11.1 Å². The Balaban J connectivity index is 1.44. The number of hydrogen-bond donors (Lipinski definition) is 3. The van der Waals surface area contributed by atoms with E-state index in [4.69, 9.17) is 19.6 Å². The fourth-order valence-corrected chi connectivity index (χ4v) is 5.00. The van der Waals surface area contributed by atoms with Gasteiger partial charge in [-0.25, -0.2) is 19.2 Å². The number of halogens is 2. The topological polar surface area (TPSA) is 92.2 Å². The van der Waals surface area contributed by atoms with E-state index in [-0.39, 0.29) is 25.5 Å². The summed E-state index contributed by atoms with van der Waals surface area (Å²) in [6, 6.07) is 28.4. The van der Waals surface area contributed by atoms with Crippen LogP contribution in [0, 0.1) is 11.6 Å². The summed E-state index contributed by atoms with van der Waals surface area (Å²) in [4.78, 5) is 18.8. The number of aliphatic hydroxyl groups excluding tert-OH is 1. The first-order valence-electron chi connectivity index (χ1n) is 14.3. The lowest BCUT2D eigenvalue weighted by Gasteiger charge is -2.29. The molecule has 1 aliphatic rings. The molecule has 5 rings (SSSR count). The molecular weight excluding hydrogens is 564 g/mol. The number of carbonyl (C=O) groups excluding carboxylic acids is 1. The van der Waals surface area contributed by atoms with Gasteiger partial charge in [-0.05, 0) is 58.7 Å². The van der Waals surface area contributed by atoms with E-state index in [0.29, 0.717) is 29.9 Å². The largest absolute Gasteiger partial charge is 0.494 e. The number of hydrogen-bond acceptors (Lipinski definition) is 6. The van der Waals surface area contributed by atoms with Crippen LogP contribution in [0.4, 0.5) is 8.78 Å². The molecule has 0 bridgehead atoms. The van der Waals surface area contributed by atoms with Crippen molar-refractivity contribution in [1.82, 2.24) is 10.9 Å². The van der Waals surface area contributed by atoms with E-state index in [0.717, 1.165) is 28.8 Å². The standard InChI is InChI=1S/C35H33F2N3O4/c1-2-19-35(34(42)40-38-23-24-9-18-30(36)31(37)22-24)32(27-12-10-26(11-13-27)25-7-4-3-5-8-25)44-33(39-35)28-14-16-29(17-15-28)43-21-6-20-41/h2-5,7-18,22,32,38,41H,1,6,19-21,23H2,(H,40,42)/t32-,35-/m0/s1. The Bertz CT molecular complexity index is 1610. The fourth-order valence-electron chi connectivity index (χ4n) is 5.00. The zero-order valence-corrected chi connectivity index (χ0v) is 24.0. The van der Waals surface area contributed by atoms with E-state index < -0.39 is 29.2 Å². The molecule has 1 amide bonds. The molecule has 0 fully saturated rings. The maximum absolute atomic E-state index is 13.9. The number of benzene rings is 4. The predicted molar refractivity (Wildman–Crippen MR) is 165 cm³/mol. The summed E-state index contributed by atoms with van der Waals surface area (Å²) in [6.45, 7) is 4.37. The lowest BCUT2D eigenvalue weighted by molar-refractivity contribution is -0.129. The number of nitrogens with zero attached hydrogens (tertiary/aromatic N) is 1. The zero-order valence-electron chi connectivity index (χ0n) is 24.0. The second-order valence-corrected chi connectivity index (χ2v) is 10.3. The molecule has 0 aromatic heterocycles. The van der Waals surface area contributed by atoms with Gasteiger partial charge >= 0.3 is 0 Å². The second-order valence-electron chi connectivity index (χ2n) is 10.3. The molecule has 0 spiro atoms. The summed E-state index contributed by atoms with van der Waals surface area (Å²) in [5.41, 5.74) is 7.99. The van der Waals surface area contributed by atoms with E-state index in [1.807, 2.05) is 54.6 Å². The van der Waals surface area contributed by atoms with Gasteiger partial charge in [0, 0.05) is 31.6 Å². The molecule has 1 heterocycles. The van der Waals surface area contributed by atoms with E-state index in [2.05, 4.69) is 17.4 Å². The van der Waals surface area contributed by atoms with Crippen LogP contribution in [0.5, 0.6) is 5.75 Å². The molecule has 44 heavy (non-hydrogen) atoms. The molecule has 0 saturated heterocycles.